The average Bonchev–Trinajstić information content (AvgIpc) is 2.89. The lowest BCUT2D eigenvalue weighted by atomic mass is 9.79. The van der Waals surface area contributed by atoms with Crippen molar-refractivity contribution in [3.05, 3.63) is 35.7 Å². The Kier molecular flexibility index (Phi) is 12.4. The number of hydrogen-bond acceptors (Lipinski definition) is 5. The lowest BCUT2D eigenvalue weighted by molar-refractivity contribution is -0.00431. The highest BCUT2D eigenvalue weighted by Gasteiger charge is 2.40. The zero-order valence-corrected chi connectivity index (χ0v) is 26.4. The van der Waals surface area contributed by atoms with Crippen LogP contribution in [0.2, 0.25) is 0 Å². The summed E-state index contributed by atoms with van der Waals surface area (Å²) in [6.45, 7) is 23.1. The Morgan fingerprint density at radius 1 is 1.18 bits per heavy atom. The zero-order chi connectivity index (χ0) is 30.3. The number of nitrogens with zero attached hydrogens (tertiary/aromatic N) is 3. The van der Waals surface area contributed by atoms with E-state index in [1.807, 2.05) is 41.5 Å². The van der Waals surface area contributed by atoms with E-state index in [4.69, 9.17) is 9.47 Å². The van der Waals surface area contributed by atoms with Crippen molar-refractivity contribution >= 4 is 11.8 Å². The van der Waals surface area contributed by atoms with E-state index in [-0.39, 0.29) is 36.1 Å². The van der Waals surface area contributed by atoms with Crippen molar-refractivity contribution in [2.24, 2.45) is 16.8 Å². The highest BCUT2D eigenvalue weighted by atomic mass is 19.3. The minimum Gasteiger partial charge on any atom is -0.444 e. The summed E-state index contributed by atoms with van der Waals surface area (Å²) in [4.78, 5) is 21.5. The molecule has 2 rings (SSSR count). The van der Waals surface area contributed by atoms with Crippen LogP contribution in [-0.4, -0.2) is 71.5 Å². The Bertz CT molecular complexity index is 961. The van der Waals surface area contributed by atoms with Gasteiger partial charge in [0.05, 0.1) is 5.71 Å². The molecule has 2 saturated heterocycles. The van der Waals surface area contributed by atoms with E-state index in [1.54, 1.807) is 11.8 Å². The van der Waals surface area contributed by atoms with Gasteiger partial charge in [-0.2, -0.15) is 0 Å². The Hall–Kier alpha value is -2.22. The number of ether oxygens (including phenoxy) is 2. The molecule has 0 saturated carbocycles. The quantitative estimate of drug-likeness (QED) is 0.199. The Morgan fingerprint density at radius 3 is 2.30 bits per heavy atom. The molecule has 0 aromatic rings. The fourth-order valence-electron chi connectivity index (χ4n) is 5.96. The molecule has 0 radical (unpaired) electrons. The smallest absolute Gasteiger partial charge is 0.410 e. The van der Waals surface area contributed by atoms with Gasteiger partial charge in [-0.15, -0.1) is 0 Å². The summed E-state index contributed by atoms with van der Waals surface area (Å²) in [5.41, 5.74) is 1.29. The van der Waals surface area contributed by atoms with E-state index >= 15 is 8.78 Å². The fraction of sp³-hybridized carbons (Fsp3) is 0.750. The van der Waals surface area contributed by atoms with Gasteiger partial charge in [-0.3, -0.25) is 4.99 Å². The van der Waals surface area contributed by atoms with E-state index in [0.717, 1.165) is 31.6 Å². The maximum atomic E-state index is 15.6. The molecule has 6 nitrogen and oxygen atoms in total. The maximum absolute atomic E-state index is 15.6. The first kappa shape index (κ1) is 34.0. The molecule has 1 amide bonds. The van der Waals surface area contributed by atoms with Crippen LogP contribution in [0.25, 0.3) is 0 Å². The number of allylic oxidation sites excluding steroid dienone is 4. The van der Waals surface area contributed by atoms with E-state index in [0.29, 0.717) is 43.3 Å². The molecule has 228 valence electrons. The minimum absolute atomic E-state index is 0.00253. The van der Waals surface area contributed by atoms with E-state index in [2.05, 4.69) is 23.4 Å². The zero-order valence-electron chi connectivity index (χ0n) is 26.4. The third-order valence-corrected chi connectivity index (χ3v) is 8.18. The molecule has 0 aliphatic carbocycles. The number of piperazine rings is 1. The topological polar surface area (TPSA) is 54.4 Å². The molecule has 2 aliphatic rings. The summed E-state index contributed by atoms with van der Waals surface area (Å²) in [6.07, 6.45) is 5.91. The van der Waals surface area contributed by atoms with Crippen molar-refractivity contribution in [1.82, 2.24) is 9.80 Å². The molecule has 2 aliphatic heterocycles. The largest absolute Gasteiger partial charge is 0.444 e. The summed E-state index contributed by atoms with van der Waals surface area (Å²) in [5.74, 6) is -2.39. The minimum atomic E-state index is -3.02. The molecule has 0 bridgehead atoms. The van der Waals surface area contributed by atoms with Gasteiger partial charge in [0, 0.05) is 67.9 Å². The molecule has 2 heterocycles. The third-order valence-electron chi connectivity index (χ3n) is 8.18. The molecule has 2 fully saturated rings. The standard InChI is InChI=1S/C32H53F2N3O3/c1-11-25(26-16-15-17-39-21-26)18-28(35-14-4)29(27(12-2)32(33,34)13-3)24(7)36-19-23(6)37(20-22(36)5)30(38)40-31(8,9)10/h12,14,22-23,25-26H,4,11,13,15-21H2,1-3,5-10H3/b27-12+,29-24+,35-28?/t22-,23+,25?,26+/m0/s1. The highest BCUT2D eigenvalue weighted by molar-refractivity contribution is 6.05. The molecule has 1 unspecified atom stereocenters. The lowest BCUT2D eigenvalue weighted by Gasteiger charge is -2.46. The van der Waals surface area contributed by atoms with Crippen LogP contribution in [0.5, 0.6) is 0 Å². The number of halogens is 2. The predicted octanol–water partition coefficient (Wildman–Crippen LogP) is 8.01. The number of hydrogen-bond donors (Lipinski definition) is 0. The Labute approximate surface area is 241 Å². The summed E-state index contributed by atoms with van der Waals surface area (Å²) >= 11 is 0. The molecule has 0 spiro atoms. The molecule has 0 aromatic heterocycles. The lowest BCUT2D eigenvalue weighted by Crippen LogP contribution is -2.58. The first-order valence-electron chi connectivity index (χ1n) is 15.0. The summed E-state index contributed by atoms with van der Waals surface area (Å²) < 4.78 is 42.6. The van der Waals surface area contributed by atoms with Gasteiger partial charge in [-0.1, -0.05) is 32.9 Å². The van der Waals surface area contributed by atoms with E-state index in [1.165, 1.54) is 19.2 Å². The maximum Gasteiger partial charge on any atom is 0.410 e. The van der Waals surface area contributed by atoms with Gasteiger partial charge in [0.25, 0.3) is 5.92 Å². The van der Waals surface area contributed by atoms with Crippen LogP contribution in [0, 0.1) is 11.8 Å². The fourth-order valence-corrected chi connectivity index (χ4v) is 5.96. The first-order valence-corrected chi connectivity index (χ1v) is 15.0. The van der Waals surface area contributed by atoms with Gasteiger partial charge in [0.2, 0.25) is 0 Å². The van der Waals surface area contributed by atoms with Gasteiger partial charge in [0.15, 0.2) is 0 Å². The monoisotopic (exact) mass is 565 g/mol. The van der Waals surface area contributed by atoms with Gasteiger partial charge in [-0.05, 0) is 79.6 Å². The Balaban J connectivity index is 2.57. The SMILES string of the molecule is C=CN=C(CC(CC)[C@@H]1CCCOC1)C(/C(=C\C)C(F)(F)CC)=C(\C)N1C[C@@H](C)N(C(=O)OC(C)(C)C)C[C@@H]1C. The second-order valence-electron chi connectivity index (χ2n) is 12.3. The van der Waals surface area contributed by atoms with Crippen LogP contribution in [-0.2, 0) is 9.47 Å². The van der Waals surface area contributed by atoms with Crippen molar-refractivity contribution in [2.45, 2.75) is 118 Å². The predicted molar refractivity (Wildman–Crippen MR) is 160 cm³/mol. The van der Waals surface area contributed by atoms with E-state index < -0.39 is 11.5 Å². The van der Waals surface area contributed by atoms with Gasteiger partial charge >= 0.3 is 6.09 Å². The number of aliphatic imine (C=N–C) groups is 1. The van der Waals surface area contributed by atoms with Crippen LogP contribution >= 0.6 is 0 Å². The van der Waals surface area contributed by atoms with Crippen molar-refractivity contribution in [3.63, 3.8) is 0 Å². The van der Waals surface area contributed by atoms with Crippen LogP contribution in [0.3, 0.4) is 0 Å². The van der Waals surface area contributed by atoms with Gasteiger partial charge in [0.1, 0.15) is 5.60 Å². The third kappa shape index (κ3) is 8.64. The summed E-state index contributed by atoms with van der Waals surface area (Å²) in [5, 5.41) is 0. The number of rotatable bonds is 10. The Morgan fingerprint density at radius 2 is 1.80 bits per heavy atom. The highest BCUT2D eigenvalue weighted by Crippen LogP contribution is 2.39. The second kappa shape index (κ2) is 14.6. The number of alkyl halides is 2. The molecule has 40 heavy (non-hydrogen) atoms. The van der Waals surface area contributed by atoms with Crippen LogP contribution in [0.15, 0.2) is 40.7 Å². The summed E-state index contributed by atoms with van der Waals surface area (Å²) in [6, 6.07) is -0.267. The van der Waals surface area contributed by atoms with Crippen LogP contribution < -0.4 is 0 Å². The van der Waals surface area contributed by atoms with Crippen molar-refractivity contribution in [2.75, 3.05) is 26.3 Å². The summed E-state index contributed by atoms with van der Waals surface area (Å²) in [7, 11) is 0. The first-order chi connectivity index (χ1) is 18.7. The average molecular weight is 566 g/mol. The number of carbonyl (C=O) groups excluding carboxylic acids is 1. The number of amides is 1. The van der Waals surface area contributed by atoms with Crippen LogP contribution in [0.4, 0.5) is 13.6 Å². The normalized spacial score (nSPS) is 24.9. The molecule has 8 heteroatoms. The van der Waals surface area contributed by atoms with Gasteiger partial charge < -0.3 is 19.3 Å². The van der Waals surface area contributed by atoms with Crippen molar-refractivity contribution < 1.29 is 23.0 Å². The van der Waals surface area contributed by atoms with Crippen molar-refractivity contribution in [1.29, 1.82) is 0 Å². The molecule has 0 aromatic carbocycles. The molecular formula is C32H53F2N3O3. The van der Waals surface area contributed by atoms with Crippen LogP contribution in [0.1, 0.15) is 94.4 Å². The van der Waals surface area contributed by atoms with Gasteiger partial charge in [-0.25, -0.2) is 13.6 Å². The second-order valence-corrected chi connectivity index (χ2v) is 12.3. The molecule has 0 N–H and O–H groups in total. The molecule has 4 atom stereocenters. The van der Waals surface area contributed by atoms with E-state index in [9.17, 15) is 4.79 Å². The molecular weight excluding hydrogens is 512 g/mol. The number of carbonyl (C=O) groups is 1. The van der Waals surface area contributed by atoms with Crippen molar-refractivity contribution in [3.8, 4) is 0 Å².